The third-order valence-electron chi connectivity index (χ3n) is 5.00. The molecule has 2 fully saturated rings. The molecule has 0 aromatic rings. The highest BCUT2D eigenvalue weighted by Gasteiger charge is 2.45. The van der Waals surface area contributed by atoms with Crippen molar-refractivity contribution in [1.82, 2.24) is 5.32 Å². The van der Waals surface area contributed by atoms with E-state index in [9.17, 15) is 4.79 Å². The van der Waals surface area contributed by atoms with Gasteiger partial charge in [0.25, 0.3) is 0 Å². The Labute approximate surface area is 117 Å². The number of hydrogen-bond donors (Lipinski definition) is 1. The molecule has 19 heavy (non-hydrogen) atoms. The van der Waals surface area contributed by atoms with E-state index < -0.39 is 0 Å². The van der Waals surface area contributed by atoms with Crippen molar-refractivity contribution in [2.24, 2.45) is 11.8 Å². The first-order valence-corrected chi connectivity index (χ1v) is 7.61. The molecule has 2 aliphatic carbocycles. The Morgan fingerprint density at radius 2 is 1.84 bits per heavy atom. The lowest BCUT2D eigenvalue weighted by Gasteiger charge is -2.49. The third kappa shape index (κ3) is 3.41. The van der Waals surface area contributed by atoms with Gasteiger partial charge in [-0.15, -0.1) is 0 Å². The van der Waals surface area contributed by atoms with Gasteiger partial charge in [-0.3, -0.25) is 0 Å². The molecule has 0 heterocycles. The van der Waals surface area contributed by atoms with Crippen LogP contribution in [0.2, 0.25) is 0 Å². The van der Waals surface area contributed by atoms with Crippen molar-refractivity contribution in [3.63, 3.8) is 0 Å². The van der Waals surface area contributed by atoms with Gasteiger partial charge in [0.05, 0.1) is 27.2 Å². The zero-order valence-corrected chi connectivity index (χ0v) is 12.8. The second-order valence-corrected chi connectivity index (χ2v) is 7.14. The second kappa shape index (κ2) is 5.70. The van der Waals surface area contributed by atoms with Crippen molar-refractivity contribution in [2.75, 3.05) is 28.2 Å². The molecule has 1 N–H and O–H groups in total. The number of ether oxygens (including phenoxy) is 1. The summed E-state index contributed by atoms with van der Waals surface area (Å²) in [6.07, 6.45) is 7.29. The highest BCUT2D eigenvalue weighted by atomic mass is 16.6. The monoisotopic (exact) mass is 269 g/mol. The number of nitrogens with one attached hydrogen (secondary N) is 1. The SMILES string of the molecule is CNC(=O)O[C@@H]1C[C@H]2CCCC[C@@H]2[C@H]([N+](C)(C)C)C1. The zero-order chi connectivity index (χ0) is 14.0. The smallest absolute Gasteiger partial charge is 0.407 e. The van der Waals surface area contributed by atoms with Crippen LogP contribution in [-0.2, 0) is 4.74 Å². The number of quaternary nitrogens is 1. The summed E-state index contributed by atoms with van der Waals surface area (Å²) in [7, 11) is 8.46. The van der Waals surface area contributed by atoms with Crippen molar-refractivity contribution in [2.45, 2.75) is 50.7 Å². The van der Waals surface area contributed by atoms with Crippen LogP contribution in [0.15, 0.2) is 0 Å². The Bertz CT molecular complexity index is 325. The number of amides is 1. The van der Waals surface area contributed by atoms with Gasteiger partial charge in [-0.05, 0) is 25.2 Å². The van der Waals surface area contributed by atoms with E-state index in [1.54, 1.807) is 7.05 Å². The maximum atomic E-state index is 11.5. The topological polar surface area (TPSA) is 38.3 Å². The number of carbonyl (C=O) groups excluding carboxylic acids is 1. The van der Waals surface area contributed by atoms with E-state index >= 15 is 0 Å². The Morgan fingerprint density at radius 1 is 1.16 bits per heavy atom. The van der Waals surface area contributed by atoms with E-state index in [1.807, 2.05) is 0 Å². The van der Waals surface area contributed by atoms with Crippen molar-refractivity contribution < 1.29 is 14.0 Å². The van der Waals surface area contributed by atoms with E-state index in [4.69, 9.17) is 4.74 Å². The molecule has 0 spiro atoms. The third-order valence-corrected chi connectivity index (χ3v) is 5.00. The van der Waals surface area contributed by atoms with Crippen LogP contribution in [0.1, 0.15) is 38.5 Å². The minimum atomic E-state index is -0.278. The minimum absolute atomic E-state index is 0.0987. The van der Waals surface area contributed by atoms with Gasteiger partial charge < -0.3 is 14.5 Å². The van der Waals surface area contributed by atoms with Crippen molar-refractivity contribution in [3.05, 3.63) is 0 Å². The normalized spacial score (nSPS) is 35.4. The summed E-state index contributed by atoms with van der Waals surface area (Å²) < 4.78 is 6.54. The summed E-state index contributed by atoms with van der Waals surface area (Å²) in [5, 5.41) is 2.57. The zero-order valence-electron chi connectivity index (χ0n) is 12.8. The first kappa shape index (κ1) is 14.6. The molecule has 2 aliphatic rings. The molecule has 0 radical (unpaired) electrons. The molecule has 2 rings (SSSR count). The molecule has 1 amide bonds. The minimum Gasteiger partial charge on any atom is -0.446 e. The molecule has 110 valence electrons. The van der Waals surface area contributed by atoms with Gasteiger partial charge in [0, 0.05) is 19.4 Å². The predicted molar refractivity (Wildman–Crippen MR) is 75.8 cm³/mol. The molecule has 2 saturated carbocycles. The standard InChI is InChI=1S/C15H28N2O2/c1-16-15(18)19-12-9-11-7-5-6-8-13(11)14(10-12)17(2,3)4/h11-14H,5-10H2,1-4H3/p+1/t11-,12-,13+,14-/m1/s1. The summed E-state index contributed by atoms with van der Waals surface area (Å²) >= 11 is 0. The number of fused-ring (bicyclic) bond motifs is 1. The molecule has 0 aromatic carbocycles. The highest BCUT2D eigenvalue weighted by Crippen LogP contribution is 2.44. The van der Waals surface area contributed by atoms with E-state index in [0.29, 0.717) is 6.04 Å². The number of hydrogen-bond acceptors (Lipinski definition) is 2. The average molecular weight is 269 g/mol. The van der Waals surface area contributed by atoms with Crippen molar-refractivity contribution in [1.29, 1.82) is 0 Å². The molecule has 0 unspecified atom stereocenters. The van der Waals surface area contributed by atoms with Crippen LogP contribution in [0.5, 0.6) is 0 Å². The Hall–Kier alpha value is -0.770. The van der Waals surface area contributed by atoms with Crippen LogP contribution in [0.4, 0.5) is 4.79 Å². The lowest BCUT2D eigenvalue weighted by Crippen LogP contribution is -2.56. The van der Waals surface area contributed by atoms with Gasteiger partial charge in [0.1, 0.15) is 6.10 Å². The molecule has 4 atom stereocenters. The fourth-order valence-corrected chi connectivity index (χ4v) is 4.11. The molecule has 0 aromatic heterocycles. The van der Waals surface area contributed by atoms with E-state index in [0.717, 1.165) is 29.2 Å². The maximum Gasteiger partial charge on any atom is 0.407 e. The van der Waals surface area contributed by atoms with Gasteiger partial charge in [-0.25, -0.2) is 4.79 Å². The molecule has 0 aliphatic heterocycles. The largest absolute Gasteiger partial charge is 0.446 e. The summed E-state index contributed by atoms with van der Waals surface area (Å²) in [5.41, 5.74) is 0. The molecule has 0 bridgehead atoms. The molecule has 4 nitrogen and oxygen atoms in total. The summed E-state index contributed by atoms with van der Waals surface area (Å²) in [5.74, 6) is 1.57. The summed E-state index contributed by atoms with van der Waals surface area (Å²) in [6, 6.07) is 0.619. The lowest BCUT2D eigenvalue weighted by molar-refractivity contribution is -0.902. The summed E-state index contributed by atoms with van der Waals surface area (Å²) in [4.78, 5) is 11.5. The van der Waals surface area contributed by atoms with Gasteiger partial charge in [0.15, 0.2) is 0 Å². The van der Waals surface area contributed by atoms with Crippen LogP contribution in [0, 0.1) is 11.8 Å². The van der Waals surface area contributed by atoms with Crippen LogP contribution in [0.25, 0.3) is 0 Å². The van der Waals surface area contributed by atoms with E-state index in [-0.39, 0.29) is 12.2 Å². The van der Waals surface area contributed by atoms with Crippen molar-refractivity contribution >= 4 is 6.09 Å². The number of alkyl carbamates (subject to hydrolysis) is 1. The second-order valence-electron chi connectivity index (χ2n) is 7.14. The van der Waals surface area contributed by atoms with Gasteiger partial charge in [0.2, 0.25) is 0 Å². The Kier molecular flexibility index (Phi) is 4.39. The van der Waals surface area contributed by atoms with Crippen LogP contribution < -0.4 is 5.32 Å². The van der Waals surface area contributed by atoms with Gasteiger partial charge >= 0.3 is 6.09 Å². The van der Waals surface area contributed by atoms with E-state index in [1.165, 1.54) is 25.7 Å². The lowest BCUT2D eigenvalue weighted by atomic mass is 9.66. The van der Waals surface area contributed by atoms with Crippen molar-refractivity contribution in [3.8, 4) is 0 Å². The first-order chi connectivity index (χ1) is 8.91. The van der Waals surface area contributed by atoms with Crippen LogP contribution in [-0.4, -0.2) is 50.9 Å². The quantitative estimate of drug-likeness (QED) is 0.782. The fourth-order valence-electron chi connectivity index (χ4n) is 4.11. The van der Waals surface area contributed by atoms with E-state index in [2.05, 4.69) is 26.5 Å². The van der Waals surface area contributed by atoms with Crippen LogP contribution >= 0.6 is 0 Å². The fraction of sp³-hybridized carbons (Fsp3) is 0.933. The average Bonchev–Trinajstić information content (AvgIpc) is 2.36. The first-order valence-electron chi connectivity index (χ1n) is 7.61. The highest BCUT2D eigenvalue weighted by molar-refractivity contribution is 5.66. The summed E-state index contributed by atoms with van der Waals surface area (Å²) in [6.45, 7) is 0. The molecular formula is C15H29N2O2+. The number of rotatable bonds is 2. The number of nitrogens with zero attached hydrogens (tertiary/aromatic N) is 1. The Balaban J connectivity index is 2.09. The predicted octanol–water partition coefficient (Wildman–Crippen LogP) is 2.39. The molecular weight excluding hydrogens is 240 g/mol. The molecule has 4 heteroatoms. The molecule has 0 saturated heterocycles. The number of carbonyl (C=O) groups is 1. The Morgan fingerprint density at radius 3 is 2.47 bits per heavy atom. The maximum absolute atomic E-state index is 11.5. The van der Waals surface area contributed by atoms with Gasteiger partial charge in [-0.1, -0.05) is 12.8 Å². The van der Waals surface area contributed by atoms with Crippen LogP contribution in [0.3, 0.4) is 0 Å². The van der Waals surface area contributed by atoms with Gasteiger partial charge in [-0.2, -0.15) is 0 Å².